The van der Waals surface area contributed by atoms with E-state index < -0.39 is 11.4 Å². The van der Waals surface area contributed by atoms with Crippen LogP contribution in [0.3, 0.4) is 0 Å². The number of carbonyl (C=O) groups excluding carboxylic acids is 2. The average Bonchev–Trinajstić information content (AvgIpc) is 2.60. The van der Waals surface area contributed by atoms with Crippen LogP contribution in [0.15, 0.2) is 18.2 Å². The SMILES string of the molecule is Cc1ccc2c(c1)C(=O)N(CC1(CC(=O)O)CCC1)C2=O. The molecule has 0 spiro atoms. The van der Waals surface area contributed by atoms with E-state index in [0.29, 0.717) is 11.1 Å². The Labute approximate surface area is 122 Å². The monoisotopic (exact) mass is 287 g/mol. The molecule has 0 bridgehead atoms. The van der Waals surface area contributed by atoms with Gasteiger partial charge in [0.1, 0.15) is 0 Å². The summed E-state index contributed by atoms with van der Waals surface area (Å²) in [6, 6.07) is 5.21. The standard InChI is InChI=1S/C16H17NO4/c1-10-3-4-11-12(7-10)15(21)17(14(11)20)9-16(5-2-6-16)8-13(18)19/h3-4,7H,2,5-6,8-9H2,1H3,(H,18,19). The minimum atomic E-state index is -0.873. The predicted octanol–water partition coefficient (Wildman–Crippen LogP) is 2.24. The van der Waals surface area contributed by atoms with Crippen LogP contribution in [0, 0.1) is 12.3 Å². The lowest BCUT2D eigenvalue weighted by Crippen LogP contribution is -2.45. The van der Waals surface area contributed by atoms with Gasteiger partial charge in [-0.05, 0) is 37.3 Å². The summed E-state index contributed by atoms with van der Waals surface area (Å²) in [5, 5.41) is 9.04. The van der Waals surface area contributed by atoms with Gasteiger partial charge in [0.25, 0.3) is 11.8 Å². The van der Waals surface area contributed by atoms with Crippen molar-refractivity contribution in [2.45, 2.75) is 32.6 Å². The van der Waals surface area contributed by atoms with E-state index in [1.165, 1.54) is 4.90 Å². The molecule has 0 atom stereocenters. The van der Waals surface area contributed by atoms with Gasteiger partial charge in [0.05, 0.1) is 17.5 Å². The highest BCUT2D eigenvalue weighted by Crippen LogP contribution is 2.45. The van der Waals surface area contributed by atoms with Crippen molar-refractivity contribution >= 4 is 17.8 Å². The molecule has 110 valence electrons. The molecule has 1 fully saturated rings. The summed E-state index contributed by atoms with van der Waals surface area (Å²) in [5.41, 5.74) is 1.36. The number of nitrogens with zero attached hydrogens (tertiary/aromatic N) is 1. The number of carbonyl (C=O) groups is 3. The van der Waals surface area contributed by atoms with Gasteiger partial charge in [0.15, 0.2) is 0 Å². The molecule has 2 aliphatic rings. The fourth-order valence-electron chi connectivity index (χ4n) is 3.27. The molecule has 2 amide bonds. The zero-order valence-corrected chi connectivity index (χ0v) is 11.9. The number of aliphatic carboxylic acids is 1. The highest BCUT2D eigenvalue weighted by Gasteiger charge is 2.45. The van der Waals surface area contributed by atoms with Gasteiger partial charge in [-0.3, -0.25) is 19.3 Å². The molecule has 1 aromatic carbocycles. The van der Waals surface area contributed by atoms with Gasteiger partial charge in [-0.1, -0.05) is 18.1 Å². The van der Waals surface area contributed by atoms with E-state index in [2.05, 4.69) is 0 Å². The number of fused-ring (bicyclic) bond motifs is 1. The van der Waals surface area contributed by atoms with Crippen LogP contribution in [-0.4, -0.2) is 34.3 Å². The molecule has 1 aliphatic heterocycles. The van der Waals surface area contributed by atoms with Gasteiger partial charge in [0.2, 0.25) is 0 Å². The minimum absolute atomic E-state index is 0.0133. The number of hydrogen-bond donors (Lipinski definition) is 1. The molecular weight excluding hydrogens is 270 g/mol. The summed E-state index contributed by atoms with van der Waals surface area (Å²) in [5.74, 6) is -1.47. The van der Waals surface area contributed by atoms with E-state index in [4.69, 9.17) is 5.11 Å². The van der Waals surface area contributed by atoms with Crippen molar-refractivity contribution < 1.29 is 19.5 Å². The summed E-state index contributed by atoms with van der Waals surface area (Å²) in [6.07, 6.45) is 2.48. The maximum atomic E-state index is 12.4. The van der Waals surface area contributed by atoms with Crippen LogP contribution in [0.5, 0.6) is 0 Å². The molecule has 0 unspecified atom stereocenters. The van der Waals surface area contributed by atoms with Crippen LogP contribution in [0.4, 0.5) is 0 Å². The summed E-state index contributed by atoms with van der Waals surface area (Å²) in [7, 11) is 0. The molecule has 3 rings (SSSR count). The van der Waals surface area contributed by atoms with Gasteiger partial charge in [-0.2, -0.15) is 0 Å². The molecule has 21 heavy (non-hydrogen) atoms. The number of amides is 2. The Morgan fingerprint density at radius 3 is 2.48 bits per heavy atom. The van der Waals surface area contributed by atoms with E-state index in [1.807, 2.05) is 13.0 Å². The number of imide groups is 1. The molecule has 5 nitrogen and oxygen atoms in total. The van der Waals surface area contributed by atoms with Crippen LogP contribution in [-0.2, 0) is 4.79 Å². The second-order valence-corrected chi connectivity index (χ2v) is 6.17. The Balaban J connectivity index is 1.86. The highest BCUT2D eigenvalue weighted by atomic mass is 16.4. The van der Waals surface area contributed by atoms with Crippen molar-refractivity contribution in [1.29, 1.82) is 0 Å². The third-order valence-electron chi connectivity index (χ3n) is 4.56. The molecule has 0 aromatic heterocycles. The van der Waals surface area contributed by atoms with Gasteiger partial charge < -0.3 is 5.11 Å². The lowest BCUT2D eigenvalue weighted by molar-refractivity contribution is -0.141. The fraction of sp³-hybridized carbons (Fsp3) is 0.438. The van der Waals surface area contributed by atoms with E-state index in [0.717, 1.165) is 24.8 Å². The lowest BCUT2D eigenvalue weighted by atomic mass is 9.66. The van der Waals surface area contributed by atoms with Gasteiger partial charge in [0, 0.05) is 6.54 Å². The lowest BCUT2D eigenvalue weighted by Gasteiger charge is -2.42. The quantitative estimate of drug-likeness (QED) is 0.862. The van der Waals surface area contributed by atoms with Crippen molar-refractivity contribution in [3.8, 4) is 0 Å². The molecule has 0 saturated heterocycles. The van der Waals surface area contributed by atoms with E-state index in [-0.39, 0.29) is 24.8 Å². The van der Waals surface area contributed by atoms with Crippen LogP contribution in [0.25, 0.3) is 0 Å². The predicted molar refractivity (Wildman–Crippen MR) is 75.1 cm³/mol. The summed E-state index contributed by atoms with van der Waals surface area (Å²) < 4.78 is 0. The van der Waals surface area contributed by atoms with Crippen LogP contribution in [0.2, 0.25) is 0 Å². The molecule has 1 aromatic rings. The van der Waals surface area contributed by atoms with Crippen molar-refractivity contribution in [1.82, 2.24) is 4.90 Å². The first kappa shape index (κ1) is 13.8. The van der Waals surface area contributed by atoms with Gasteiger partial charge in [-0.15, -0.1) is 0 Å². The molecular formula is C16H17NO4. The van der Waals surface area contributed by atoms with Crippen LogP contribution >= 0.6 is 0 Å². The fourth-order valence-corrected chi connectivity index (χ4v) is 3.27. The van der Waals surface area contributed by atoms with Gasteiger partial charge >= 0.3 is 5.97 Å². The number of carboxylic acids is 1. The van der Waals surface area contributed by atoms with Gasteiger partial charge in [-0.25, -0.2) is 0 Å². The maximum absolute atomic E-state index is 12.4. The maximum Gasteiger partial charge on any atom is 0.303 e. The molecule has 1 aliphatic carbocycles. The number of hydrogen-bond acceptors (Lipinski definition) is 3. The Hall–Kier alpha value is -2.17. The third kappa shape index (κ3) is 2.22. The molecule has 0 radical (unpaired) electrons. The van der Waals surface area contributed by atoms with Crippen LogP contribution in [0.1, 0.15) is 52.0 Å². The molecule has 5 heteroatoms. The first-order valence-corrected chi connectivity index (χ1v) is 7.11. The molecule has 1 saturated carbocycles. The van der Waals surface area contributed by atoms with Crippen molar-refractivity contribution in [2.24, 2.45) is 5.41 Å². The number of aryl methyl sites for hydroxylation is 1. The summed E-state index contributed by atoms with van der Waals surface area (Å²) >= 11 is 0. The summed E-state index contributed by atoms with van der Waals surface area (Å²) in [6.45, 7) is 2.09. The van der Waals surface area contributed by atoms with E-state index >= 15 is 0 Å². The minimum Gasteiger partial charge on any atom is -0.481 e. The Bertz CT molecular complexity index is 646. The van der Waals surface area contributed by atoms with Crippen LogP contribution < -0.4 is 0 Å². The Morgan fingerprint density at radius 1 is 1.24 bits per heavy atom. The van der Waals surface area contributed by atoms with Crippen molar-refractivity contribution in [2.75, 3.05) is 6.54 Å². The number of rotatable bonds is 4. The average molecular weight is 287 g/mol. The van der Waals surface area contributed by atoms with Crippen molar-refractivity contribution in [3.63, 3.8) is 0 Å². The third-order valence-corrected chi connectivity index (χ3v) is 4.56. The zero-order chi connectivity index (χ0) is 15.2. The Morgan fingerprint density at radius 2 is 1.90 bits per heavy atom. The van der Waals surface area contributed by atoms with Crippen molar-refractivity contribution in [3.05, 3.63) is 34.9 Å². The second kappa shape index (κ2) is 4.69. The molecule has 1 N–H and O–H groups in total. The summed E-state index contributed by atoms with van der Waals surface area (Å²) in [4.78, 5) is 37.0. The van der Waals surface area contributed by atoms with E-state index in [1.54, 1.807) is 12.1 Å². The van der Waals surface area contributed by atoms with E-state index in [9.17, 15) is 14.4 Å². The first-order chi connectivity index (χ1) is 9.92. The molecule has 1 heterocycles. The number of benzene rings is 1. The highest BCUT2D eigenvalue weighted by molar-refractivity contribution is 6.21. The first-order valence-electron chi connectivity index (χ1n) is 7.11. The Kier molecular flexibility index (Phi) is 3.08. The largest absolute Gasteiger partial charge is 0.481 e. The normalized spacial score (nSPS) is 19.4. The second-order valence-electron chi connectivity index (χ2n) is 6.17. The smallest absolute Gasteiger partial charge is 0.303 e. The topological polar surface area (TPSA) is 74.7 Å². The zero-order valence-electron chi connectivity index (χ0n) is 11.9. The number of carboxylic acid groups (broad SMARTS) is 1.